The molecule has 1 amide bonds. The summed E-state index contributed by atoms with van der Waals surface area (Å²) in [4.78, 5) is 36.5. The molecule has 17 heavy (non-hydrogen) atoms. The average molecular weight is 238 g/mol. The van der Waals surface area contributed by atoms with E-state index >= 15 is 0 Å². The number of rotatable bonds is 5. The number of hydrogen-bond acceptors (Lipinski definition) is 3. The van der Waals surface area contributed by atoms with Crippen LogP contribution in [0.3, 0.4) is 0 Å². The van der Waals surface area contributed by atoms with Gasteiger partial charge in [0, 0.05) is 18.5 Å². The van der Waals surface area contributed by atoms with Crippen molar-refractivity contribution in [1.29, 1.82) is 0 Å². The third-order valence-electron chi connectivity index (χ3n) is 2.25. The van der Waals surface area contributed by atoms with Crippen molar-refractivity contribution in [2.75, 3.05) is 0 Å². The Bertz CT molecular complexity index is 467. The van der Waals surface area contributed by atoms with E-state index in [1.165, 1.54) is 18.5 Å². The quantitative estimate of drug-likeness (QED) is 0.689. The summed E-state index contributed by atoms with van der Waals surface area (Å²) in [5, 5.41) is 11.2. The van der Waals surface area contributed by atoms with Gasteiger partial charge in [-0.1, -0.05) is 13.3 Å². The molecule has 3 N–H and O–H groups in total. The molecule has 0 fully saturated rings. The number of carboxylic acids is 1. The van der Waals surface area contributed by atoms with E-state index in [4.69, 9.17) is 5.11 Å². The third-order valence-corrected chi connectivity index (χ3v) is 2.25. The Kier molecular flexibility index (Phi) is 4.45. The van der Waals surface area contributed by atoms with Gasteiger partial charge in [0.2, 0.25) is 0 Å². The molecule has 1 rings (SSSR count). The van der Waals surface area contributed by atoms with Crippen molar-refractivity contribution in [2.24, 2.45) is 0 Å². The number of amides is 1. The van der Waals surface area contributed by atoms with Gasteiger partial charge >= 0.3 is 5.97 Å². The molecule has 6 nitrogen and oxygen atoms in total. The SMILES string of the molecule is CCC[C@H](NC(=O)c1c[nH]ccc1=O)C(=O)O. The van der Waals surface area contributed by atoms with Crippen LogP contribution in [0.5, 0.6) is 0 Å². The van der Waals surface area contributed by atoms with Crippen molar-refractivity contribution in [3.05, 3.63) is 34.2 Å². The number of nitrogens with one attached hydrogen (secondary N) is 2. The summed E-state index contributed by atoms with van der Waals surface area (Å²) in [7, 11) is 0. The van der Waals surface area contributed by atoms with Crippen molar-refractivity contribution in [2.45, 2.75) is 25.8 Å². The van der Waals surface area contributed by atoms with Crippen molar-refractivity contribution in [3.63, 3.8) is 0 Å². The fraction of sp³-hybridized carbons (Fsp3) is 0.364. The number of carboxylic acid groups (broad SMARTS) is 1. The fourth-order valence-corrected chi connectivity index (χ4v) is 1.38. The summed E-state index contributed by atoms with van der Waals surface area (Å²) < 4.78 is 0. The maximum absolute atomic E-state index is 11.7. The Hall–Kier alpha value is -2.11. The molecule has 0 radical (unpaired) electrons. The number of aliphatic carboxylic acids is 1. The number of H-pyrrole nitrogens is 1. The molecule has 0 aromatic carbocycles. The average Bonchev–Trinajstić information content (AvgIpc) is 2.28. The molecule has 0 bridgehead atoms. The lowest BCUT2D eigenvalue weighted by Gasteiger charge is -2.12. The summed E-state index contributed by atoms with van der Waals surface area (Å²) in [6, 6.07) is 0.247. The van der Waals surface area contributed by atoms with Gasteiger partial charge in [0.05, 0.1) is 0 Å². The lowest BCUT2D eigenvalue weighted by molar-refractivity contribution is -0.139. The number of aromatic amines is 1. The van der Waals surface area contributed by atoms with Gasteiger partial charge in [0.15, 0.2) is 5.43 Å². The minimum atomic E-state index is -1.10. The second-order valence-corrected chi connectivity index (χ2v) is 3.58. The van der Waals surface area contributed by atoms with Gasteiger partial charge in [-0.25, -0.2) is 4.79 Å². The summed E-state index contributed by atoms with van der Waals surface area (Å²) in [6.45, 7) is 1.82. The maximum Gasteiger partial charge on any atom is 0.326 e. The minimum Gasteiger partial charge on any atom is -0.480 e. The number of aromatic nitrogens is 1. The topological polar surface area (TPSA) is 99.3 Å². The van der Waals surface area contributed by atoms with E-state index in [0.29, 0.717) is 12.8 Å². The van der Waals surface area contributed by atoms with Crippen LogP contribution in [0.1, 0.15) is 30.1 Å². The Labute approximate surface area is 97.7 Å². The Balaban J connectivity index is 2.81. The minimum absolute atomic E-state index is 0.0881. The van der Waals surface area contributed by atoms with Crippen LogP contribution in [0.25, 0.3) is 0 Å². The smallest absolute Gasteiger partial charge is 0.326 e. The van der Waals surface area contributed by atoms with Crippen LogP contribution in [0.15, 0.2) is 23.3 Å². The monoisotopic (exact) mass is 238 g/mol. The second kappa shape index (κ2) is 5.83. The first kappa shape index (κ1) is 13.0. The Morgan fingerprint density at radius 1 is 1.53 bits per heavy atom. The van der Waals surface area contributed by atoms with Crippen LogP contribution in [-0.2, 0) is 4.79 Å². The van der Waals surface area contributed by atoms with Crippen LogP contribution in [-0.4, -0.2) is 28.0 Å². The summed E-state index contributed by atoms with van der Waals surface area (Å²) in [5.74, 6) is -1.78. The highest BCUT2D eigenvalue weighted by Crippen LogP contribution is 1.98. The van der Waals surface area contributed by atoms with Gasteiger partial charge in [0.25, 0.3) is 5.91 Å². The lowest BCUT2D eigenvalue weighted by atomic mass is 10.1. The van der Waals surface area contributed by atoms with Crippen molar-refractivity contribution in [3.8, 4) is 0 Å². The Morgan fingerprint density at radius 2 is 2.24 bits per heavy atom. The molecule has 0 unspecified atom stereocenters. The van der Waals surface area contributed by atoms with Crippen LogP contribution >= 0.6 is 0 Å². The first-order valence-electron chi connectivity index (χ1n) is 5.27. The first-order chi connectivity index (χ1) is 8.06. The highest BCUT2D eigenvalue weighted by Gasteiger charge is 2.20. The number of hydrogen-bond donors (Lipinski definition) is 3. The molecular formula is C11H14N2O4. The van der Waals surface area contributed by atoms with Crippen molar-refractivity contribution < 1.29 is 14.7 Å². The molecule has 0 spiro atoms. The summed E-state index contributed by atoms with van der Waals surface area (Å²) in [6.07, 6.45) is 3.61. The predicted molar refractivity (Wildman–Crippen MR) is 60.9 cm³/mol. The molecule has 92 valence electrons. The zero-order valence-electron chi connectivity index (χ0n) is 9.40. The van der Waals surface area contributed by atoms with Crippen molar-refractivity contribution in [1.82, 2.24) is 10.3 Å². The molecule has 1 atom stereocenters. The van der Waals surface area contributed by atoms with Crippen LogP contribution < -0.4 is 10.7 Å². The predicted octanol–water partition coefficient (Wildman–Crippen LogP) is 0.358. The molecule has 6 heteroatoms. The molecule has 1 heterocycles. The molecule has 0 saturated carbocycles. The first-order valence-corrected chi connectivity index (χ1v) is 5.27. The van der Waals surface area contributed by atoms with Gasteiger partial charge in [-0.15, -0.1) is 0 Å². The van der Waals surface area contributed by atoms with Gasteiger partial charge in [-0.05, 0) is 6.42 Å². The molecule has 1 aromatic rings. The van der Waals surface area contributed by atoms with Gasteiger partial charge < -0.3 is 15.4 Å². The zero-order valence-corrected chi connectivity index (χ0v) is 9.40. The molecule has 0 aliphatic rings. The third kappa shape index (κ3) is 3.44. The molecule has 0 saturated heterocycles. The lowest BCUT2D eigenvalue weighted by Crippen LogP contribution is -2.42. The summed E-state index contributed by atoms with van der Waals surface area (Å²) >= 11 is 0. The fourth-order valence-electron chi connectivity index (χ4n) is 1.38. The van der Waals surface area contributed by atoms with Gasteiger partial charge in [-0.3, -0.25) is 9.59 Å². The van der Waals surface area contributed by atoms with E-state index in [1.54, 1.807) is 0 Å². The van der Waals surface area contributed by atoms with E-state index in [2.05, 4.69) is 10.3 Å². The van der Waals surface area contributed by atoms with Gasteiger partial charge in [0.1, 0.15) is 11.6 Å². The second-order valence-electron chi connectivity index (χ2n) is 3.58. The van der Waals surface area contributed by atoms with Crippen LogP contribution in [0, 0.1) is 0 Å². The van der Waals surface area contributed by atoms with E-state index in [0.717, 1.165) is 0 Å². The highest BCUT2D eigenvalue weighted by atomic mass is 16.4. The molecule has 0 aliphatic heterocycles. The van der Waals surface area contributed by atoms with Crippen molar-refractivity contribution >= 4 is 11.9 Å². The maximum atomic E-state index is 11.7. The normalized spacial score (nSPS) is 11.8. The molecular weight excluding hydrogens is 224 g/mol. The van der Waals surface area contributed by atoms with E-state index < -0.39 is 23.3 Å². The van der Waals surface area contributed by atoms with E-state index in [-0.39, 0.29) is 5.56 Å². The summed E-state index contributed by atoms with van der Waals surface area (Å²) in [5.41, 5.74) is -0.531. The molecule has 1 aromatic heterocycles. The van der Waals surface area contributed by atoms with Crippen LogP contribution in [0.2, 0.25) is 0 Å². The highest BCUT2D eigenvalue weighted by molar-refractivity contribution is 5.96. The van der Waals surface area contributed by atoms with E-state index in [9.17, 15) is 14.4 Å². The van der Waals surface area contributed by atoms with Gasteiger partial charge in [-0.2, -0.15) is 0 Å². The largest absolute Gasteiger partial charge is 0.480 e. The number of pyridine rings is 1. The molecule has 0 aliphatic carbocycles. The van der Waals surface area contributed by atoms with E-state index in [1.807, 2.05) is 6.92 Å². The standard InChI is InChI=1S/C11H14N2O4/c1-2-3-8(11(16)17)13-10(15)7-6-12-5-4-9(7)14/h4-6,8H,2-3H2,1H3,(H,12,14)(H,13,15)(H,16,17)/t8-/m0/s1. The zero-order chi connectivity index (χ0) is 12.8. The number of carbonyl (C=O) groups excluding carboxylic acids is 1. The number of carbonyl (C=O) groups is 2. The Morgan fingerprint density at radius 3 is 2.76 bits per heavy atom. The van der Waals surface area contributed by atoms with Crippen LogP contribution in [0.4, 0.5) is 0 Å².